The van der Waals surface area contributed by atoms with E-state index < -0.39 is 0 Å². The van der Waals surface area contributed by atoms with E-state index in [0.717, 1.165) is 18.4 Å². The number of nitrogens with zero attached hydrogens (tertiary/aromatic N) is 1. The maximum absolute atomic E-state index is 4.97. The van der Waals surface area contributed by atoms with Gasteiger partial charge < -0.3 is 0 Å². The predicted octanol–water partition coefficient (Wildman–Crippen LogP) is 11.8. The third kappa shape index (κ3) is 21.0. The molecule has 1 rings (SSSR count). The third-order valence-corrected chi connectivity index (χ3v) is 7.56. The second-order valence-electron chi connectivity index (χ2n) is 11.2. The van der Waals surface area contributed by atoms with Gasteiger partial charge in [0.25, 0.3) is 0 Å². The lowest BCUT2D eigenvalue weighted by Gasteiger charge is -2.08. The summed E-state index contributed by atoms with van der Waals surface area (Å²) in [5.41, 5.74) is 3.71. The molecule has 0 N–H and O–H groups in total. The van der Waals surface area contributed by atoms with Gasteiger partial charge >= 0.3 is 0 Å². The average Bonchev–Trinajstić information content (AvgIpc) is 2.85. The number of aryl methyl sites for hydroxylation is 2. The minimum absolute atomic E-state index is 1.13. The lowest BCUT2D eigenvalue weighted by Crippen LogP contribution is -1.98. The molecule has 1 aromatic rings. The molecule has 1 radical (unpaired) electrons. The van der Waals surface area contributed by atoms with Gasteiger partial charge in [-0.05, 0) is 50.3 Å². The number of rotatable bonds is 26. The molecule has 0 saturated carbocycles. The topological polar surface area (TPSA) is 12.9 Å². The van der Waals surface area contributed by atoms with Crippen LogP contribution in [-0.2, 0) is 12.8 Å². The van der Waals surface area contributed by atoms with E-state index in [1.807, 2.05) is 0 Å². The van der Waals surface area contributed by atoms with Crippen molar-refractivity contribution in [2.75, 3.05) is 0 Å². The summed E-state index contributed by atoms with van der Waals surface area (Å²) in [5, 5.41) is 0. The Morgan fingerprint density at radius 2 is 0.686 bits per heavy atom. The van der Waals surface area contributed by atoms with Crippen molar-refractivity contribution in [1.29, 1.82) is 0 Å². The SMILES string of the molecule is [CH2]c1cc(CCCCCCCCCCCCCC)nc(CCCCCCCCCCCCCC)c1. The van der Waals surface area contributed by atoms with Crippen molar-refractivity contribution < 1.29 is 0 Å². The molecule has 0 amide bonds. The number of hydrogen-bond donors (Lipinski definition) is 0. The summed E-state index contributed by atoms with van der Waals surface area (Å²) < 4.78 is 0. The number of pyridine rings is 1. The molecule has 1 heteroatoms. The maximum atomic E-state index is 4.97. The Hall–Kier alpha value is -0.850. The Balaban J connectivity index is 1.99. The van der Waals surface area contributed by atoms with E-state index in [1.54, 1.807) is 0 Å². The van der Waals surface area contributed by atoms with Crippen molar-refractivity contribution in [3.63, 3.8) is 0 Å². The van der Waals surface area contributed by atoms with Gasteiger partial charge in [0, 0.05) is 11.4 Å². The van der Waals surface area contributed by atoms with E-state index in [0.29, 0.717) is 0 Å². The Labute approximate surface area is 221 Å². The summed E-state index contributed by atoms with van der Waals surface area (Å²) in [4.78, 5) is 4.97. The molecule has 35 heavy (non-hydrogen) atoms. The van der Waals surface area contributed by atoms with Crippen LogP contribution in [0.1, 0.15) is 185 Å². The molecule has 0 aliphatic rings. The molecule has 203 valence electrons. The van der Waals surface area contributed by atoms with Crippen molar-refractivity contribution in [1.82, 2.24) is 4.98 Å². The first-order valence-electron chi connectivity index (χ1n) is 16.1. The minimum Gasteiger partial charge on any atom is -0.258 e. The highest BCUT2D eigenvalue weighted by molar-refractivity contribution is 5.24. The van der Waals surface area contributed by atoms with E-state index in [9.17, 15) is 0 Å². The van der Waals surface area contributed by atoms with Gasteiger partial charge in [-0.15, -0.1) is 0 Å². The quantitative estimate of drug-likeness (QED) is 0.119. The normalized spacial score (nSPS) is 11.4. The molecular formula is C34H62N. The highest BCUT2D eigenvalue weighted by Gasteiger charge is 2.02. The van der Waals surface area contributed by atoms with E-state index in [1.165, 1.54) is 165 Å². The van der Waals surface area contributed by atoms with Crippen molar-refractivity contribution >= 4 is 0 Å². The lowest BCUT2D eigenvalue weighted by molar-refractivity contribution is 0.542. The molecule has 1 heterocycles. The van der Waals surface area contributed by atoms with Crippen LogP contribution < -0.4 is 0 Å². The van der Waals surface area contributed by atoms with Crippen molar-refractivity contribution in [2.45, 2.75) is 181 Å². The summed E-state index contributed by atoms with van der Waals surface area (Å²) in [6.07, 6.45) is 36.1. The van der Waals surface area contributed by atoms with Gasteiger partial charge in [0.2, 0.25) is 0 Å². The van der Waals surface area contributed by atoms with Crippen LogP contribution in [0.15, 0.2) is 12.1 Å². The van der Waals surface area contributed by atoms with Crippen LogP contribution in [0.2, 0.25) is 0 Å². The Bertz CT molecular complexity index is 517. The lowest BCUT2D eigenvalue weighted by atomic mass is 10.0. The second-order valence-corrected chi connectivity index (χ2v) is 11.2. The fourth-order valence-electron chi connectivity index (χ4n) is 5.27. The van der Waals surface area contributed by atoms with Crippen LogP contribution in [0.3, 0.4) is 0 Å². The highest BCUT2D eigenvalue weighted by atomic mass is 14.7. The number of hydrogen-bond acceptors (Lipinski definition) is 1. The van der Waals surface area contributed by atoms with Crippen molar-refractivity contribution in [3.05, 3.63) is 36.0 Å². The largest absolute Gasteiger partial charge is 0.258 e. The third-order valence-electron chi connectivity index (χ3n) is 7.56. The summed E-state index contributed by atoms with van der Waals surface area (Å²) in [6, 6.07) is 4.43. The molecule has 0 unspecified atom stereocenters. The molecular weight excluding hydrogens is 422 g/mol. The summed E-state index contributed by atoms with van der Waals surface area (Å²) in [5.74, 6) is 0. The van der Waals surface area contributed by atoms with Gasteiger partial charge in [-0.2, -0.15) is 0 Å². The van der Waals surface area contributed by atoms with E-state index in [2.05, 4.69) is 32.9 Å². The average molecular weight is 485 g/mol. The van der Waals surface area contributed by atoms with E-state index in [-0.39, 0.29) is 0 Å². The van der Waals surface area contributed by atoms with Crippen LogP contribution in [0.25, 0.3) is 0 Å². The first-order chi connectivity index (χ1) is 17.3. The zero-order valence-corrected chi connectivity index (χ0v) is 24.2. The van der Waals surface area contributed by atoms with Crippen LogP contribution >= 0.6 is 0 Å². The zero-order chi connectivity index (χ0) is 25.2. The molecule has 0 spiro atoms. The van der Waals surface area contributed by atoms with E-state index in [4.69, 9.17) is 4.98 Å². The van der Waals surface area contributed by atoms with Gasteiger partial charge in [-0.25, -0.2) is 0 Å². The van der Waals surface area contributed by atoms with Crippen molar-refractivity contribution in [3.8, 4) is 0 Å². The van der Waals surface area contributed by atoms with Gasteiger partial charge in [0.1, 0.15) is 0 Å². The maximum Gasteiger partial charge on any atom is 0.0409 e. The van der Waals surface area contributed by atoms with Crippen LogP contribution in [-0.4, -0.2) is 4.98 Å². The monoisotopic (exact) mass is 484 g/mol. The van der Waals surface area contributed by atoms with Crippen LogP contribution in [0.5, 0.6) is 0 Å². The second kappa shape index (κ2) is 24.8. The zero-order valence-electron chi connectivity index (χ0n) is 24.2. The first-order valence-corrected chi connectivity index (χ1v) is 16.1. The van der Waals surface area contributed by atoms with Gasteiger partial charge in [0.15, 0.2) is 0 Å². The smallest absolute Gasteiger partial charge is 0.0409 e. The molecule has 0 aliphatic carbocycles. The highest BCUT2D eigenvalue weighted by Crippen LogP contribution is 2.16. The molecule has 0 atom stereocenters. The minimum atomic E-state index is 1.13. The Morgan fingerprint density at radius 3 is 0.971 bits per heavy atom. The fraction of sp³-hybridized carbons (Fsp3) is 0.824. The first kappa shape index (κ1) is 32.2. The summed E-state index contributed by atoms with van der Waals surface area (Å²) >= 11 is 0. The van der Waals surface area contributed by atoms with Crippen LogP contribution in [0.4, 0.5) is 0 Å². The number of aromatic nitrogens is 1. The molecule has 0 fully saturated rings. The molecule has 0 saturated heterocycles. The molecule has 1 aromatic heterocycles. The molecule has 0 bridgehead atoms. The Kier molecular flexibility index (Phi) is 22.8. The predicted molar refractivity (Wildman–Crippen MR) is 158 cm³/mol. The Morgan fingerprint density at radius 1 is 0.429 bits per heavy atom. The fourth-order valence-corrected chi connectivity index (χ4v) is 5.27. The van der Waals surface area contributed by atoms with Crippen LogP contribution in [0, 0.1) is 6.92 Å². The standard InChI is InChI=1S/C34H62N/c1-4-6-8-10-12-14-16-18-20-22-24-26-28-33-30-32(3)31-34(35-33)29-27-25-23-21-19-17-15-13-11-9-7-5-2/h30-31H,3-29H2,1-2H3. The summed E-state index contributed by atoms with van der Waals surface area (Å²) in [7, 11) is 0. The van der Waals surface area contributed by atoms with Gasteiger partial charge in [-0.1, -0.05) is 155 Å². The molecule has 0 aromatic carbocycles. The van der Waals surface area contributed by atoms with Gasteiger partial charge in [-0.3, -0.25) is 4.98 Å². The van der Waals surface area contributed by atoms with Gasteiger partial charge in [0.05, 0.1) is 0 Å². The number of unbranched alkanes of at least 4 members (excludes halogenated alkanes) is 22. The summed E-state index contributed by atoms with van der Waals surface area (Å²) in [6.45, 7) is 8.81. The van der Waals surface area contributed by atoms with Crippen molar-refractivity contribution in [2.24, 2.45) is 0 Å². The molecule has 1 nitrogen and oxygen atoms in total. The van der Waals surface area contributed by atoms with E-state index >= 15 is 0 Å². The molecule has 0 aliphatic heterocycles.